The Kier molecular flexibility index (Phi) is 4.61. The fourth-order valence-corrected chi connectivity index (χ4v) is 2.23. The predicted octanol–water partition coefficient (Wildman–Crippen LogP) is 1.40. The van der Waals surface area contributed by atoms with Crippen molar-refractivity contribution in [2.24, 2.45) is 0 Å². The second kappa shape index (κ2) is 6.41. The highest BCUT2D eigenvalue weighted by Gasteiger charge is 2.32. The topological polar surface area (TPSA) is 55.8 Å². The van der Waals surface area contributed by atoms with Crippen molar-refractivity contribution in [1.82, 2.24) is 4.90 Å². The van der Waals surface area contributed by atoms with Crippen molar-refractivity contribution < 1.29 is 19.1 Å². The summed E-state index contributed by atoms with van der Waals surface area (Å²) in [5, 5.41) is 0. The first-order valence-electron chi connectivity index (χ1n) is 6.84. The second-order valence-electron chi connectivity index (χ2n) is 4.58. The van der Waals surface area contributed by atoms with Crippen molar-refractivity contribution in [1.29, 1.82) is 0 Å². The fourth-order valence-electron chi connectivity index (χ4n) is 2.23. The molecule has 20 heavy (non-hydrogen) atoms. The largest absolute Gasteiger partial charge is 0.480 e. The summed E-state index contributed by atoms with van der Waals surface area (Å²) in [6.07, 6.45) is 0.00991. The number of hydrogen-bond acceptors (Lipinski definition) is 4. The van der Waals surface area contributed by atoms with Crippen molar-refractivity contribution in [3.05, 3.63) is 29.8 Å². The van der Waals surface area contributed by atoms with Crippen LogP contribution in [0.2, 0.25) is 0 Å². The number of fused-ring (bicyclic) bond motifs is 1. The molecule has 1 aliphatic heterocycles. The quantitative estimate of drug-likeness (QED) is 0.763. The van der Waals surface area contributed by atoms with E-state index in [9.17, 15) is 9.59 Å². The van der Waals surface area contributed by atoms with E-state index in [-0.39, 0.29) is 12.5 Å². The molecule has 0 spiro atoms. The maximum absolute atomic E-state index is 12.4. The maximum Gasteiger partial charge on any atom is 0.325 e. The van der Waals surface area contributed by atoms with Gasteiger partial charge in [-0.3, -0.25) is 9.59 Å². The van der Waals surface area contributed by atoms with E-state index in [2.05, 4.69) is 0 Å². The molecule has 0 N–H and O–H groups in total. The zero-order valence-electron chi connectivity index (χ0n) is 11.8. The lowest BCUT2D eigenvalue weighted by molar-refractivity contribution is -0.150. The summed E-state index contributed by atoms with van der Waals surface area (Å²) in [6, 6.07) is 7.60. The van der Waals surface area contributed by atoms with Gasteiger partial charge in [-0.05, 0) is 25.5 Å². The molecule has 0 saturated carbocycles. The number of ether oxygens (including phenoxy) is 2. The van der Waals surface area contributed by atoms with Gasteiger partial charge in [-0.15, -0.1) is 0 Å². The van der Waals surface area contributed by atoms with E-state index in [1.165, 1.54) is 4.90 Å². The van der Waals surface area contributed by atoms with E-state index in [1.54, 1.807) is 6.92 Å². The number of likely N-dealkylation sites (N-methyl/N-ethyl adjacent to an activating group) is 1. The van der Waals surface area contributed by atoms with Crippen LogP contribution in [-0.2, 0) is 20.7 Å². The fraction of sp³-hybridized carbons (Fsp3) is 0.467. The molecule has 1 amide bonds. The molecule has 1 aromatic rings. The van der Waals surface area contributed by atoms with Crippen LogP contribution in [0.4, 0.5) is 0 Å². The number of rotatable bonds is 5. The molecule has 0 aliphatic carbocycles. The first-order chi connectivity index (χ1) is 9.65. The molecular weight excluding hydrogens is 258 g/mol. The number of para-hydroxylation sites is 1. The Bertz CT molecular complexity index is 475. The minimum absolute atomic E-state index is 0.0284. The Morgan fingerprint density at radius 2 is 2.10 bits per heavy atom. The van der Waals surface area contributed by atoms with Crippen molar-refractivity contribution in [3.63, 3.8) is 0 Å². The van der Waals surface area contributed by atoms with E-state index in [0.717, 1.165) is 11.3 Å². The average molecular weight is 277 g/mol. The standard InChI is InChI=1S/C15H19NO4/c1-3-16(10-14(17)19-4-2)15(18)13-9-11-7-5-6-8-12(11)20-13/h5-8,13H,3-4,9-10H2,1-2H3. The van der Waals surface area contributed by atoms with Crippen molar-refractivity contribution in [2.45, 2.75) is 26.4 Å². The average Bonchev–Trinajstić information content (AvgIpc) is 2.88. The number of amides is 1. The van der Waals surface area contributed by atoms with Crippen molar-refractivity contribution in [3.8, 4) is 5.75 Å². The molecule has 0 aromatic heterocycles. The summed E-state index contributed by atoms with van der Waals surface area (Å²) in [7, 11) is 0. The summed E-state index contributed by atoms with van der Waals surface area (Å²) < 4.78 is 10.5. The van der Waals surface area contributed by atoms with Gasteiger partial charge in [-0.2, -0.15) is 0 Å². The Labute approximate surface area is 118 Å². The summed E-state index contributed by atoms with van der Waals surface area (Å²) in [6.45, 7) is 4.31. The molecule has 5 nitrogen and oxygen atoms in total. The van der Waals surface area contributed by atoms with E-state index < -0.39 is 12.1 Å². The van der Waals surface area contributed by atoms with Gasteiger partial charge in [0, 0.05) is 13.0 Å². The molecule has 0 saturated heterocycles. The van der Waals surface area contributed by atoms with E-state index in [1.807, 2.05) is 31.2 Å². The summed E-state index contributed by atoms with van der Waals surface area (Å²) >= 11 is 0. The van der Waals surface area contributed by atoms with Gasteiger partial charge in [0.25, 0.3) is 5.91 Å². The first kappa shape index (κ1) is 14.4. The molecule has 0 bridgehead atoms. The normalized spacial score (nSPS) is 16.2. The zero-order chi connectivity index (χ0) is 14.5. The molecule has 2 rings (SSSR count). The van der Waals surface area contributed by atoms with Crippen LogP contribution >= 0.6 is 0 Å². The number of esters is 1. The van der Waals surface area contributed by atoms with Gasteiger partial charge in [0.15, 0.2) is 6.10 Å². The molecule has 108 valence electrons. The Balaban J connectivity index is 1.99. The summed E-state index contributed by atoms with van der Waals surface area (Å²) in [4.78, 5) is 25.3. The number of carbonyl (C=O) groups excluding carboxylic acids is 2. The molecule has 1 aliphatic rings. The van der Waals surface area contributed by atoms with Crippen LogP contribution < -0.4 is 4.74 Å². The van der Waals surface area contributed by atoms with Crippen LogP contribution in [0.15, 0.2) is 24.3 Å². The van der Waals surface area contributed by atoms with Crippen LogP contribution in [-0.4, -0.2) is 42.6 Å². The van der Waals surface area contributed by atoms with Gasteiger partial charge >= 0.3 is 5.97 Å². The zero-order valence-corrected chi connectivity index (χ0v) is 11.8. The third-order valence-corrected chi connectivity index (χ3v) is 3.24. The second-order valence-corrected chi connectivity index (χ2v) is 4.58. The third kappa shape index (κ3) is 3.10. The van der Waals surface area contributed by atoms with Crippen LogP contribution in [0.5, 0.6) is 5.75 Å². The number of hydrogen-bond donors (Lipinski definition) is 0. The Hall–Kier alpha value is -2.04. The van der Waals surface area contributed by atoms with Crippen LogP contribution in [0.3, 0.4) is 0 Å². The highest BCUT2D eigenvalue weighted by atomic mass is 16.5. The minimum atomic E-state index is -0.540. The van der Waals surface area contributed by atoms with Crippen LogP contribution in [0.1, 0.15) is 19.4 Å². The van der Waals surface area contributed by atoms with Gasteiger partial charge < -0.3 is 14.4 Å². The van der Waals surface area contributed by atoms with Gasteiger partial charge in [0.05, 0.1) is 6.61 Å². The lowest BCUT2D eigenvalue weighted by Crippen LogP contribution is -2.44. The van der Waals surface area contributed by atoms with Crippen LogP contribution in [0, 0.1) is 0 Å². The highest BCUT2D eigenvalue weighted by Crippen LogP contribution is 2.28. The molecule has 0 radical (unpaired) electrons. The molecule has 1 atom stereocenters. The monoisotopic (exact) mass is 277 g/mol. The van der Waals surface area contributed by atoms with E-state index in [4.69, 9.17) is 9.47 Å². The Morgan fingerprint density at radius 3 is 2.75 bits per heavy atom. The molecule has 0 fully saturated rings. The van der Waals surface area contributed by atoms with Gasteiger partial charge in [-0.1, -0.05) is 18.2 Å². The number of carbonyl (C=O) groups is 2. The number of nitrogens with zero attached hydrogens (tertiary/aromatic N) is 1. The molecule has 5 heteroatoms. The number of benzene rings is 1. The van der Waals surface area contributed by atoms with Crippen molar-refractivity contribution >= 4 is 11.9 Å². The smallest absolute Gasteiger partial charge is 0.325 e. The van der Waals surface area contributed by atoms with E-state index >= 15 is 0 Å². The highest BCUT2D eigenvalue weighted by molar-refractivity contribution is 5.86. The molecular formula is C15H19NO4. The summed E-state index contributed by atoms with van der Waals surface area (Å²) in [5.74, 6) is 0.188. The summed E-state index contributed by atoms with van der Waals surface area (Å²) in [5.41, 5.74) is 1.03. The van der Waals surface area contributed by atoms with Crippen LogP contribution in [0.25, 0.3) is 0 Å². The third-order valence-electron chi connectivity index (χ3n) is 3.24. The van der Waals surface area contributed by atoms with E-state index in [0.29, 0.717) is 19.6 Å². The predicted molar refractivity (Wildman–Crippen MR) is 73.4 cm³/mol. The molecule has 1 heterocycles. The minimum Gasteiger partial charge on any atom is -0.480 e. The lowest BCUT2D eigenvalue weighted by Gasteiger charge is -2.22. The molecule has 1 aromatic carbocycles. The molecule has 1 unspecified atom stereocenters. The SMILES string of the molecule is CCOC(=O)CN(CC)C(=O)C1Cc2ccccc2O1. The van der Waals surface area contributed by atoms with Crippen molar-refractivity contribution in [2.75, 3.05) is 19.7 Å². The lowest BCUT2D eigenvalue weighted by atomic mass is 10.1. The maximum atomic E-state index is 12.4. The Morgan fingerprint density at radius 1 is 1.35 bits per heavy atom. The van der Waals surface area contributed by atoms with Gasteiger partial charge in [0.2, 0.25) is 0 Å². The first-order valence-corrected chi connectivity index (χ1v) is 6.84. The van der Waals surface area contributed by atoms with Gasteiger partial charge in [0.1, 0.15) is 12.3 Å². The van der Waals surface area contributed by atoms with Gasteiger partial charge in [-0.25, -0.2) is 0 Å².